The number of nitrogens with zero attached hydrogens (tertiary/aromatic N) is 3. The van der Waals surface area contributed by atoms with Gasteiger partial charge in [-0.15, -0.1) is 0 Å². The lowest BCUT2D eigenvalue weighted by molar-refractivity contribution is 0.0960. The smallest absolute Gasteiger partial charge is 0.322 e. The first-order valence-electron chi connectivity index (χ1n) is 12.4. The van der Waals surface area contributed by atoms with Gasteiger partial charge in [-0.1, -0.05) is 81.4 Å². The Morgan fingerprint density at radius 3 is 2.38 bits per heavy atom. The van der Waals surface area contributed by atoms with Gasteiger partial charge >= 0.3 is 6.03 Å². The molecule has 0 saturated heterocycles. The highest BCUT2D eigenvalue weighted by Gasteiger charge is 2.39. The number of hydrogen-bond donors (Lipinski definition) is 2. The number of benzene rings is 2. The summed E-state index contributed by atoms with van der Waals surface area (Å²) in [4.78, 5) is 20.3. The summed E-state index contributed by atoms with van der Waals surface area (Å²) in [5.41, 5.74) is 8.75. The van der Waals surface area contributed by atoms with E-state index in [0.29, 0.717) is 18.1 Å². The van der Waals surface area contributed by atoms with Crippen LogP contribution in [0.1, 0.15) is 38.2 Å². The SMILES string of the molecule is CC(C)(C)[C@H](c1nc(-c2ccccc2)cn1Cc1ccccc1)N(C[C@@H](F)CN)C(=O)Nc1ccsc1. The molecule has 4 rings (SSSR count). The maximum Gasteiger partial charge on any atom is 0.322 e. The Morgan fingerprint density at radius 1 is 1.11 bits per heavy atom. The number of nitrogens with one attached hydrogen (secondary N) is 1. The molecule has 0 aliphatic carbocycles. The summed E-state index contributed by atoms with van der Waals surface area (Å²) >= 11 is 1.48. The number of thiophene rings is 1. The fourth-order valence-electron chi connectivity index (χ4n) is 4.42. The number of carbonyl (C=O) groups excluding carboxylic acids is 1. The molecule has 0 radical (unpaired) electrons. The number of aromatic nitrogens is 2. The molecule has 2 aromatic heterocycles. The van der Waals surface area contributed by atoms with Crippen LogP contribution in [0.25, 0.3) is 11.3 Å². The van der Waals surface area contributed by atoms with Gasteiger partial charge in [0, 0.05) is 30.2 Å². The first-order valence-corrected chi connectivity index (χ1v) is 13.3. The predicted octanol–water partition coefficient (Wildman–Crippen LogP) is 6.58. The van der Waals surface area contributed by atoms with Gasteiger partial charge in [-0.3, -0.25) is 0 Å². The maximum absolute atomic E-state index is 14.8. The summed E-state index contributed by atoms with van der Waals surface area (Å²) in [6.07, 6.45) is 0.644. The standard InChI is InChI=1S/C29H34FN5OS/c1-29(2,3)26(35(18-23(30)16-31)28(36)32-24-14-15-37-20-24)27-33-25(22-12-8-5-9-13-22)19-34(27)17-21-10-6-4-7-11-21/h4-15,19-20,23,26H,16-18,31H2,1-3H3,(H,32,36)/t23-,26-/m0/s1. The second-order valence-corrected chi connectivity index (χ2v) is 10.9. The van der Waals surface area contributed by atoms with Gasteiger partial charge in [0.05, 0.1) is 24.0 Å². The summed E-state index contributed by atoms with van der Waals surface area (Å²) in [5, 5.41) is 6.67. The predicted molar refractivity (Wildman–Crippen MR) is 149 cm³/mol. The van der Waals surface area contributed by atoms with E-state index in [1.54, 1.807) is 4.90 Å². The summed E-state index contributed by atoms with van der Waals surface area (Å²) in [5.74, 6) is 0.694. The quantitative estimate of drug-likeness (QED) is 0.262. The zero-order chi connectivity index (χ0) is 26.4. The minimum Gasteiger partial charge on any atom is -0.328 e. The molecule has 2 heterocycles. The number of urea groups is 1. The van der Waals surface area contributed by atoms with Crippen LogP contribution in [0.5, 0.6) is 0 Å². The van der Waals surface area contributed by atoms with E-state index in [9.17, 15) is 9.18 Å². The van der Waals surface area contributed by atoms with Crippen LogP contribution in [0.15, 0.2) is 83.7 Å². The van der Waals surface area contributed by atoms with E-state index >= 15 is 0 Å². The molecule has 4 aromatic rings. The first-order chi connectivity index (χ1) is 17.8. The Balaban J connectivity index is 1.83. The Labute approximate surface area is 222 Å². The molecule has 2 aromatic carbocycles. The molecular weight excluding hydrogens is 485 g/mol. The van der Waals surface area contributed by atoms with Crippen LogP contribution < -0.4 is 11.1 Å². The maximum atomic E-state index is 14.8. The monoisotopic (exact) mass is 519 g/mol. The molecule has 2 atom stereocenters. The summed E-state index contributed by atoms with van der Waals surface area (Å²) in [7, 11) is 0. The normalized spacial score (nSPS) is 13.2. The zero-order valence-electron chi connectivity index (χ0n) is 21.5. The largest absolute Gasteiger partial charge is 0.328 e. The molecule has 8 heteroatoms. The molecule has 0 bridgehead atoms. The van der Waals surface area contributed by atoms with Gasteiger partial charge in [0.25, 0.3) is 0 Å². The number of hydrogen-bond acceptors (Lipinski definition) is 4. The zero-order valence-corrected chi connectivity index (χ0v) is 22.3. The lowest BCUT2D eigenvalue weighted by Gasteiger charge is -2.40. The molecule has 0 fully saturated rings. The van der Waals surface area contributed by atoms with E-state index in [1.165, 1.54) is 11.3 Å². The minimum absolute atomic E-state index is 0.146. The first kappa shape index (κ1) is 26.6. The molecule has 0 aliphatic heterocycles. The average molecular weight is 520 g/mol. The third-order valence-corrected chi connectivity index (χ3v) is 6.82. The van der Waals surface area contributed by atoms with Gasteiger partial charge in [-0.05, 0) is 22.4 Å². The summed E-state index contributed by atoms with van der Waals surface area (Å²) < 4.78 is 16.9. The Kier molecular flexibility index (Phi) is 8.41. The molecule has 0 unspecified atom stereocenters. The lowest BCUT2D eigenvalue weighted by atomic mass is 9.84. The number of anilines is 1. The molecule has 37 heavy (non-hydrogen) atoms. The molecule has 3 N–H and O–H groups in total. The van der Waals surface area contributed by atoms with Crippen molar-refractivity contribution in [3.05, 3.63) is 95.1 Å². The van der Waals surface area contributed by atoms with E-state index in [1.807, 2.05) is 92.3 Å². The second kappa shape index (κ2) is 11.7. The molecule has 0 saturated carbocycles. The molecule has 194 valence electrons. The van der Waals surface area contributed by atoms with Gasteiger partial charge < -0.3 is 20.5 Å². The van der Waals surface area contributed by atoms with Crippen LogP contribution in [0.2, 0.25) is 0 Å². The van der Waals surface area contributed by atoms with Crippen LogP contribution in [0.3, 0.4) is 0 Å². The molecule has 6 nitrogen and oxygen atoms in total. The van der Waals surface area contributed by atoms with Crippen LogP contribution in [0.4, 0.5) is 14.9 Å². The van der Waals surface area contributed by atoms with Crippen molar-refractivity contribution in [1.29, 1.82) is 0 Å². The number of nitrogens with two attached hydrogens (primary N) is 1. The van der Waals surface area contributed by atoms with Crippen LogP contribution in [-0.2, 0) is 6.54 Å². The van der Waals surface area contributed by atoms with E-state index < -0.39 is 17.6 Å². The summed E-state index contributed by atoms with van der Waals surface area (Å²) in [6, 6.07) is 21.0. The number of imidazole rings is 1. The van der Waals surface area contributed by atoms with Gasteiger partial charge in [-0.2, -0.15) is 11.3 Å². The third-order valence-electron chi connectivity index (χ3n) is 6.13. The van der Waals surface area contributed by atoms with Crippen molar-refractivity contribution in [3.8, 4) is 11.3 Å². The number of amides is 2. The fraction of sp³-hybridized carbons (Fsp3) is 0.310. The number of rotatable bonds is 9. The number of alkyl halides is 1. The fourth-order valence-corrected chi connectivity index (χ4v) is 5.01. The van der Waals surface area contributed by atoms with E-state index in [2.05, 4.69) is 22.0 Å². The van der Waals surface area contributed by atoms with Gasteiger partial charge in [0.15, 0.2) is 0 Å². The highest BCUT2D eigenvalue weighted by molar-refractivity contribution is 7.08. The minimum atomic E-state index is -1.37. The summed E-state index contributed by atoms with van der Waals surface area (Å²) in [6.45, 7) is 6.38. The van der Waals surface area contributed by atoms with Crippen molar-refractivity contribution in [3.63, 3.8) is 0 Å². The Bertz CT molecular complexity index is 1270. The van der Waals surface area contributed by atoms with Gasteiger partial charge in [-0.25, -0.2) is 14.2 Å². The lowest BCUT2D eigenvalue weighted by Crippen LogP contribution is -2.48. The van der Waals surface area contributed by atoms with Gasteiger partial charge in [0.2, 0.25) is 0 Å². The topological polar surface area (TPSA) is 76.2 Å². The van der Waals surface area contributed by atoms with Crippen molar-refractivity contribution >= 4 is 23.1 Å². The van der Waals surface area contributed by atoms with E-state index in [-0.39, 0.29) is 19.1 Å². The van der Waals surface area contributed by atoms with Crippen molar-refractivity contribution in [1.82, 2.24) is 14.5 Å². The molecular formula is C29H34FN5OS. The van der Waals surface area contributed by atoms with Crippen LogP contribution in [-0.4, -0.2) is 39.7 Å². The number of carbonyl (C=O) groups is 1. The molecule has 0 aliphatic rings. The van der Waals surface area contributed by atoms with E-state index in [0.717, 1.165) is 16.8 Å². The Hall–Kier alpha value is -3.49. The highest BCUT2D eigenvalue weighted by Crippen LogP contribution is 2.39. The van der Waals surface area contributed by atoms with Crippen molar-refractivity contribution in [2.75, 3.05) is 18.4 Å². The molecule has 0 spiro atoms. The van der Waals surface area contributed by atoms with Crippen molar-refractivity contribution in [2.24, 2.45) is 11.1 Å². The molecule has 2 amide bonds. The van der Waals surface area contributed by atoms with Gasteiger partial charge in [0.1, 0.15) is 12.0 Å². The van der Waals surface area contributed by atoms with Crippen LogP contribution in [0, 0.1) is 5.41 Å². The second-order valence-electron chi connectivity index (χ2n) is 10.2. The number of halogens is 1. The Morgan fingerprint density at radius 2 is 1.78 bits per heavy atom. The van der Waals surface area contributed by atoms with Crippen molar-refractivity contribution in [2.45, 2.75) is 39.5 Å². The third kappa shape index (κ3) is 6.64. The average Bonchev–Trinajstić information content (AvgIpc) is 3.54. The van der Waals surface area contributed by atoms with Crippen LogP contribution >= 0.6 is 11.3 Å². The van der Waals surface area contributed by atoms with Crippen molar-refractivity contribution < 1.29 is 9.18 Å². The van der Waals surface area contributed by atoms with E-state index in [4.69, 9.17) is 10.7 Å². The highest BCUT2D eigenvalue weighted by atomic mass is 32.1.